The van der Waals surface area contributed by atoms with Gasteiger partial charge in [-0.1, -0.05) is 6.07 Å². The molecule has 1 N–H and O–H groups in total. The Kier molecular flexibility index (Phi) is 3.40. The van der Waals surface area contributed by atoms with Crippen LogP contribution < -0.4 is 11.0 Å². The summed E-state index contributed by atoms with van der Waals surface area (Å²) < 4.78 is 1.56. The Morgan fingerprint density at radius 1 is 1.40 bits per heavy atom. The van der Waals surface area contributed by atoms with E-state index in [1.54, 1.807) is 22.2 Å². The monoisotopic (exact) mass is 304 g/mol. The number of aromatic nitrogens is 2. The molecule has 3 heterocycles. The second-order valence-electron chi connectivity index (χ2n) is 3.75. The van der Waals surface area contributed by atoms with Gasteiger partial charge in [0.25, 0.3) is 11.5 Å². The molecule has 3 rings (SSSR count). The van der Waals surface area contributed by atoms with Crippen molar-refractivity contribution in [3.8, 4) is 0 Å². The average Bonchev–Trinajstić information content (AvgIpc) is 3.08. The molecule has 20 heavy (non-hydrogen) atoms. The molecule has 3 aromatic rings. The van der Waals surface area contributed by atoms with Crippen LogP contribution in [0.25, 0.3) is 4.96 Å². The van der Waals surface area contributed by atoms with E-state index in [-0.39, 0.29) is 5.69 Å². The van der Waals surface area contributed by atoms with Crippen molar-refractivity contribution in [3.05, 3.63) is 56.1 Å². The molecule has 0 spiro atoms. The van der Waals surface area contributed by atoms with Gasteiger partial charge >= 0.3 is 0 Å². The molecule has 0 bridgehead atoms. The normalized spacial score (nSPS) is 11.2. The molecule has 0 saturated carbocycles. The summed E-state index contributed by atoms with van der Waals surface area (Å²) in [6.45, 7) is 0. The maximum absolute atomic E-state index is 12.0. The zero-order chi connectivity index (χ0) is 13.9. The number of rotatable bonds is 3. The van der Waals surface area contributed by atoms with Crippen LogP contribution in [0.15, 0.2) is 45.1 Å². The van der Waals surface area contributed by atoms with Crippen LogP contribution in [0.1, 0.15) is 15.4 Å². The second-order valence-corrected chi connectivity index (χ2v) is 5.60. The minimum absolute atomic E-state index is 0.213. The van der Waals surface area contributed by atoms with Crippen molar-refractivity contribution >= 4 is 39.8 Å². The summed E-state index contributed by atoms with van der Waals surface area (Å²) in [7, 11) is 0. The third-order valence-corrected chi connectivity index (χ3v) is 4.01. The Balaban J connectivity index is 1.85. The largest absolute Gasteiger partial charge is 0.288 e. The van der Waals surface area contributed by atoms with Gasteiger partial charge in [0.15, 0.2) is 4.96 Å². The number of nitrogens with zero attached hydrogens (tertiary/aromatic N) is 3. The molecule has 0 saturated heterocycles. The van der Waals surface area contributed by atoms with E-state index in [1.165, 1.54) is 28.7 Å². The lowest BCUT2D eigenvalue weighted by atomic mass is 10.4. The van der Waals surface area contributed by atoms with Crippen molar-refractivity contribution < 1.29 is 4.79 Å². The summed E-state index contributed by atoms with van der Waals surface area (Å²) >= 11 is 2.80. The summed E-state index contributed by atoms with van der Waals surface area (Å²) in [5.74, 6) is -0.453. The smallest absolute Gasteiger partial charge is 0.287 e. The quantitative estimate of drug-likeness (QED) is 0.589. The Morgan fingerprint density at radius 2 is 2.30 bits per heavy atom. The lowest BCUT2D eigenvalue weighted by Crippen LogP contribution is -2.23. The number of thiophene rings is 1. The predicted octanol–water partition coefficient (Wildman–Crippen LogP) is 1.58. The molecular formula is C12H8N4O2S2. The van der Waals surface area contributed by atoms with Gasteiger partial charge < -0.3 is 0 Å². The molecule has 0 aliphatic carbocycles. The Labute approximate surface area is 121 Å². The van der Waals surface area contributed by atoms with Crippen LogP contribution in [0, 0.1) is 0 Å². The van der Waals surface area contributed by atoms with E-state index in [9.17, 15) is 9.59 Å². The van der Waals surface area contributed by atoms with E-state index in [1.807, 2.05) is 17.5 Å². The molecule has 1 amide bonds. The van der Waals surface area contributed by atoms with Crippen molar-refractivity contribution in [3.63, 3.8) is 0 Å². The van der Waals surface area contributed by atoms with Gasteiger partial charge in [0.1, 0.15) is 5.69 Å². The number of carbonyl (C=O) groups is 1. The van der Waals surface area contributed by atoms with Crippen LogP contribution in [0.5, 0.6) is 0 Å². The van der Waals surface area contributed by atoms with Crippen LogP contribution in [-0.2, 0) is 0 Å². The molecule has 8 heteroatoms. The van der Waals surface area contributed by atoms with E-state index in [4.69, 9.17) is 0 Å². The third-order valence-electron chi connectivity index (χ3n) is 2.45. The summed E-state index contributed by atoms with van der Waals surface area (Å²) in [5, 5.41) is 7.54. The minimum atomic E-state index is -0.453. The molecular weight excluding hydrogens is 296 g/mol. The molecule has 0 radical (unpaired) electrons. The lowest BCUT2D eigenvalue weighted by molar-refractivity contribution is 0.0948. The highest BCUT2D eigenvalue weighted by Gasteiger charge is 2.11. The van der Waals surface area contributed by atoms with Gasteiger partial charge in [-0.15, -0.1) is 22.7 Å². The number of hydrogen-bond acceptors (Lipinski definition) is 6. The number of fused-ring (bicyclic) bond motifs is 1. The summed E-state index contributed by atoms with van der Waals surface area (Å²) in [6.07, 6.45) is 3.24. The van der Waals surface area contributed by atoms with Crippen LogP contribution in [0.2, 0.25) is 0 Å². The van der Waals surface area contributed by atoms with E-state index in [2.05, 4.69) is 15.5 Å². The molecule has 0 unspecified atom stereocenters. The fourth-order valence-electron chi connectivity index (χ4n) is 1.60. The number of hydrogen-bond donors (Lipinski definition) is 1. The first-order valence-electron chi connectivity index (χ1n) is 5.58. The standard InChI is InChI=1S/C12H8N4O2S2/c17-10-6-9(16-3-5-20-12(16)14-10)11(18)15-13-7-8-2-1-4-19-8/h1-7H,(H,15,18). The first kappa shape index (κ1) is 12.7. The predicted molar refractivity (Wildman–Crippen MR) is 78.7 cm³/mol. The van der Waals surface area contributed by atoms with Gasteiger partial charge in [-0.3, -0.25) is 14.0 Å². The van der Waals surface area contributed by atoms with E-state index in [0.29, 0.717) is 4.96 Å². The van der Waals surface area contributed by atoms with E-state index in [0.717, 1.165) is 4.88 Å². The molecule has 0 aliphatic rings. The Bertz CT molecular complexity index is 833. The highest BCUT2D eigenvalue weighted by molar-refractivity contribution is 7.15. The first-order valence-corrected chi connectivity index (χ1v) is 7.34. The lowest BCUT2D eigenvalue weighted by Gasteiger charge is -2.02. The van der Waals surface area contributed by atoms with Gasteiger partial charge in [0, 0.05) is 22.5 Å². The van der Waals surface area contributed by atoms with Crippen molar-refractivity contribution in [1.82, 2.24) is 14.8 Å². The fraction of sp³-hybridized carbons (Fsp3) is 0. The molecule has 0 aliphatic heterocycles. The van der Waals surface area contributed by atoms with Crippen LogP contribution in [-0.4, -0.2) is 21.5 Å². The summed E-state index contributed by atoms with van der Waals surface area (Å²) in [4.78, 5) is 28.7. The first-order chi connectivity index (χ1) is 9.74. The third kappa shape index (κ3) is 2.51. The second kappa shape index (κ2) is 5.35. The van der Waals surface area contributed by atoms with Crippen molar-refractivity contribution in [1.29, 1.82) is 0 Å². The topological polar surface area (TPSA) is 75.8 Å². The molecule has 3 aromatic heterocycles. The number of amides is 1. The number of nitrogens with one attached hydrogen (secondary N) is 1. The van der Waals surface area contributed by atoms with Crippen LogP contribution >= 0.6 is 22.7 Å². The van der Waals surface area contributed by atoms with E-state index >= 15 is 0 Å². The van der Waals surface area contributed by atoms with Gasteiger partial charge in [0.05, 0.1) is 6.21 Å². The van der Waals surface area contributed by atoms with Gasteiger partial charge in [-0.2, -0.15) is 10.1 Å². The van der Waals surface area contributed by atoms with Gasteiger partial charge in [-0.05, 0) is 11.4 Å². The Morgan fingerprint density at radius 3 is 3.10 bits per heavy atom. The van der Waals surface area contributed by atoms with Crippen molar-refractivity contribution in [2.45, 2.75) is 0 Å². The molecule has 0 atom stereocenters. The summed E-state index contributed by atoms with van der Waals surface area (Å²) in [5.41, 5.74) is 2.17. The SMILES string of the molecule is O=C(NN=Cc1cccs1)c1cc(=O)nc2sccn12. The highest BCUT2D eigenvalue weighted by atomic mass is 32.1. The Hall–Kier alpha value is -2.32. The average molecular weight is 304 g/mol. The fourth-order valence-corrected chi connectivity index (χ4v) is 2.91. The molecule has 0 aromatic carbocycles. The van der Waals surface area contributed by atoms with Crippen LogP contribution in [0.3, 0.4) is 0 Å². The summed E-state index contributed by atoms with van der Waals surface area (Å²) in [6, 6.07) is 4.97. The zero-order valence-corrected chi connectivity index (χ0v) is 11.6. The molecule has 100 valence electrons. The molecule has 6 nitrogen and oxygen atoms in total. The zero-order valence-electron chi connectivity index (χ0n) is 10.0. The molecule has 0 fully saturated rings. The van der Waals surface area contributed by atoms with Gasteiger partial charge in [0.2, 0.25) is 0 Å². The van der Waals surface area contributed by atoms with Crippen LogP contribution in [0.4, 0.5) is 0 Å². The maximum Gasteiger partial charge on any atom is 0.288 e. The van der Waals surface area contributed by atoms with Gasteiger partial charge in [-0.25, -0.2) is 5.43 Å². The minimum Gasteiger partial charge on any atom is -0.287 e. The number of carbonyl (C=O) groups excluding carboxylic acids is 1. The van der Waals surface area contributed by atoms with Crippen molar-refractivity contribution in [2.24, 2.45) is 5.10 Å². The number of hydrazone groups is 1. The van der Waals surface area contributed by atoms with Crippen molar-refractivity contribution in [2.75, 3.05) is 0 Å². The number of thiazole rings is 1. The maximum atomic E-state index is 12.0. The van der Waals surface area contributed by atoms with E-state index < -0.39 is 11.5 Å². The highest BCUT2D eigenvalue weighted by Crippen LogP contribution is 2.09.